The molecule has 5 heteroatoms. The number of rotatable bonds is 5. The Morgan fingerprint density at radius 3 is 2.00 bits per heavy atom. The van der Waals surface area contributed by atoms with Crippen LogP contribution < -0.4 is 0 Å². The van der Waals surface area contributed by atoms with Crippen molar-refractivity contribution in [1.29, 1.82) is 0 Å². The minimum absolute atomic E-state index is 0. The van der Waals surface area contributed by atoms with E-state index in [0.29, 0.717) is 11.8 Å². The van der Waals surface area contributed by atoms with E-state index in [1.54, 1.807) is 0 Å². The molecule has 0 aliphatic carbocycles. The van der Waals surface area contributed by atoms with Crippen molar-refractivity contribution in [2.75, 3.05) is 0 Å². The first kappa shape index (κ1) is 32.1. The maximum atomic E-state index is 4.68. The molecular weight excluding hydrogens is 753 g/mol. The Morgan fingerprint density at radius 1 is 0.617 bits per heavy atom. The minimum Gasteiger partial charge on any atom is -0.340 e. The van der Waals surface area contributed by atoms with Gasteiger partial charge < -0.3 is 8.97 Å². The number of fused-ring (bicyclic) bond motifs is 6. The largest absolute Gasteiger partial charge is 0.340 e. The van der Waals surface area contributed by atoms with Crippen molar-refractivity contribution < 1.29 is 20.1 Å². The van der Waals surface area contributed by atoms with Gasteiger partial charge in [-0.3, -0.25) is 9.97 Å². The van der Waals surface area contributed by atoms with E-state index in [0.717, 1.165) is 22.4 Å². The van der Waals surface area contributed by atoms with E-state index in [-0.39, 0.29) is 20.1 Å². The van der Waals surface area contributed by atoms with Gasteiger partial charge in [-0.1, -0.05) is 81.6 Å². The van der Waals surface area contributed by atoms with Gasteiger partial charge in [-0.05, 0) is 57.7 Å². The molecule has 0 saturated carbocycles. The van der Waals surface area contributed by atoms with Gasteiger partial charge in [-0.15, -0.1) is 65.5 Å². The molecule has 0 fully saturated rings. The molecule has 0 aliphatic heterocycles. The number of hydrogen-bond donors (Lipinski definition) is 0. The summed E-state index contributed by atoms with van der Waals surface area (Å²) < 4.78 is 4.36. The zero-order valence-corrected chi connectivity index (χ0v) is 29.4. The number of aromatic nitrogens is 4. The first-order valence-corrected chi connectivity index (χ1v) is 15.9. The van der Waals surface area contributed by atoms with Crippen LogP contribution in [-0.2, 0) is 20.1 Å². The predicted octanol–water partition coefficient (Wildman–Crippen LogP) is 10.7. The molecule has 3 aromatic heterocycles. The van der Waals surface area contributed by atoms with Crippen molar-refractivity contribution in [3.05, 3.63) is 157 Å². The van der Waals surface area contributed by atoms with Crippen LogP contribution >= 0.6 is 0 Å². The van der Waals surface area contributed by atoms with Crippen LogP contribution in [0.15, 0.2) is 134 Å². The second-order valence-electron chi connectivity index (χ2n) is 12.2. The molecule has 0 amide bonds. The normalized spacial score (nSPS) is 11.2. The van der Waals surface area contributed by atoms with Crippen molar-refractivity contribution in [1.82, 2.24) is 18.9 Å². The van der Waals surface area contributed by atoms with Gasteiger partial charge in [0, 0.05) is 56.1 Å². The predicted molar refractivity (Wildman–Crippen MR) is 190 cm³/mol. The van der Waals surface area contributed by atoms with E-state index in [4.69, 9.17) is 0 Å². The zero-order chi connectivity index (χ0) is 31.6. The van der Waals surface area contributed by atoms with Crippen LogP contribution in [0.5, 0.6) is 0 Å². The van der Waals surface area contributed by atoms with E-state index < -0.39 is 0 Å². The third kappa shape index (κ3) is 6.17. The Morgan fingerprint density at radius 2 is 1.28 bits per heavy atom. The van der Waals surface area contributed by atoms with E-state index in [2.05, 4.69) is 144 Å². The first-order chi connectivity index (χ1) is 22.5. The monoisotopic (exact) mass is 789 g/mol. The molecule has 0 atom stereocenters. The van der Waals surface area contributed by atoms with E-state index in [9.17, 15) is 0 Å². The molecule has 0 aliphatic rings. The van der Waals surface area contributed by atoms with Gasteiger partial charge in [-0.25, -0.2) is 0 Å². The third-order valence-corrected chi connectivity index (χ3v) is 8.53. The van der Waals surface area contributed by atoms with Crippen LogP contribution in [-0.4, -0.2) is 18.9 Å². The zero-order valence-electron chi connectivity index (χ0n) is 27.0. The van der Waals surface area contributed by atoms with Gasteiger partial charge in [0.25, 0.3) is 0 Å². The van der Waals surface area contributed by atoms with E-state index in [1.165, 1.54) is 44.2 Å². The maximum absolute atomic E-state index is 4.68. The average Bonchev–Trinajstić information content (AvgIpc) is 3.80. The van der Waals surface area contributed by atoms with E-state index >= 15 is 0 Å². The van der Waals surface area contributed by atoms with E-state index in [1.807, 2.05) is 48.9 Å². The average molecular weight is 789 g/mol. The molecule has 4 nitrogen and oxygen atoms in total. The van der Waals surface area contributed by atoms with Crippen LogP contribution in [0, 0.1) is 12.1 Å². The maximum Gasteiger partial charge on any atom is 0.0608 e. The molecule has 8 rings (SSSR count). The Kier molecular flexibility index (Phi) is 9.49. The number of pyridine rings is 1. The summed E-state index contributed by atoms with van der Waals surface area (Å²) in [4.78, 5) is 9.10. The van der Waals surface area contributed by atoms with Gasteiger partial charge in [0.15, 0.2) is 0 Å². The molecule has 0 saturated heterocycles. The van der Waals surface area contributed by atoms with Crippen LogP contribution in [0.3, 0.4) is 0 Å². The summed E-state index contributed by atoms with van der Waals surface area (Å²) in [5, 5.41) is 3.53. The van der Waals surface area contributed by atoms with Crippen molar-refractivity contribution in [2.24, 2.45) is 0 Å². The topological polar surface area (TPSA) is 35.1 Å². The molecule has 8 aromatic rings. The van der Waals surface area contributed by atoms with Gasteiger partial charge in [0.05, 0.1) is 11.5 Å². The summed E-state index contributed by atoms with van der Waals surface area (Å²) in [6.07, 6.45) is 7.79. The molecule has 0 bridgehead atoms. The number of benzene rings is 5. The smallest absolute Gasteiger partial charge is 0.0608 e. The second-order valence-corrected chi connectivity index (χ2v) is 12.2. The van der Waals surface area contributed by atoms with Crippen LogP contribution in [0.25, 0.3) is 55.5 Å². The molecular formula is C42H36IrN4-2. The van der Waals surface area contributed by atoms with Crippen LogP contribution in [0.1, 0.15) is 50.7 Å². The van der Waals surface area contributed by atoms with Gasteiger partial charge >= 0.3 is 0 Å². The molecule has 5 aromatic carbocycles. The number of imidazole rings is 2. The summed E-state index contributed by atoms with van der Waals surface area (Å²) in [6.45, 7) is 9.07. The van der Waals surface area contributed by atoms with Crippen LogP contribution in [0.4, 0.5) is 0 Å². The van der Waals surface area contributed by atoms with Gasteiger partial charge in [0.2, 0.25) is 0 Å². The second kappa shape index (κ2) is 13.9. The molecule has 0 spiro atoms. The Balaban J connectivity index is 0.000000182. The number of hydrogen-bond acceptors (Lipinski definition) is 2. The quantitative estimate of drug-likeness (QED) is 0.129. The summed E-state index contributed by atoms with van der Waals surface area (Å²) in [6, 6.07) is 44.5. The minimum atomic E-state index is 0. The van der Waals surface area contributed by atoms with Crippen LogP contribution in [0.2, 0.25) is 0 Å². The fourth-order valence-electron chi connectivity index (χ4n) is 6.29. The van der Waals surface area contributed by atoms with Crippen molar-refractivity contribution in [3.63, 3.8) is 0 Å². The fourth-order valence-corrected chi connectivity index (χ4v) is 6.29. The van der Waals surface area contributed by atoms with Crippen molar-refractivity contribution in [2.45, 2.75) is 39.5 Å². The number of para-hydroxylation sites is 1. The summed E-state index contributed by atoms with van der Waals surface area (Å²) in [5.41, 5.74) is 9.62. The van der Waals surface area contributed by atoms with Gasteiger partial charge in [0.1, 0.15) is 0 Å². The van der Waals surface area contributed by atoms with Crippen molar-refractivity contribution in [3.8, 4) is 28.2 Å². The molecule has 0 unspecified atom stereocenters. The Labute approximate surface area is 290 Å². The number of nitrogens with zero attached hydrogens (tertiary/aromatic N) is 4. The molecule has 235 valence electrons. The third-order valence-electron chi connectivity index (χ3n) is 8.53. The molecule has 47 heavy (non-hydrogen) atoms. The van der Waals surface area contributed by atoms with Gasteiger partial charge in [-0.2, -0.15) is 0 Å². The van der Waals surface area contributed by atoms with Crippen molar-refractivity contribution >= 4 is 27.3 Å². The molecule has 3 heterocycles. The Bertz CT molecular complexity index is 2160. The summed E-state index contributed by atoms with van der Waals surface area (Å²) >= 11 is 0. The Hall–Kier alpha value is -4.83. The summed E-state index contributed by atoms with van der Waals surface area (Å²) in [7, 11) is 0. The first-order valence-electron chi connectivity index (χ1n) is 15.9. The molecule has 0 N–H and O–H groups in total. The fraction of sp³-hybridized carbons (Fsp3) is 0.143. The standard InChI is InChI=1S/C27H27N2.C15H9N2.Ir/c1-19(2)24-17-23(21-11-7-5-8-12-21)18-25(20(3)4)26(24)29-16-15-28-27(29)22-13-9-6-10-14-22;1-2-7-13-11(5-1)12-6-3-4-8-14(12)17-10-9-16-15(13)17;/h5-13,15-20H,1-4H3;1-6,8-10H;/q2*-1;. The SMILES string of the molecule is CC(C)c1cc(-c2ccccc2)cc(C(C)C)c1-n1ccnc1-c1[c-]cccc1.[Ir].[c-]1cccc2c1c1nccn1c1ccccc21. The summed E-state index contributed by atoms with van der Waals surface area (Å²) in [5.74, 6) is 1.71. The molecule has 1 radical (unpaired) electrons.